The number of para-hydroxylation sites is 2. The van der Waals surface area contributed by atoms with Crippen LogP contribution < -0.4 is 10.6 Å². The number of Topliss-reactive ketones (excluding diaryl/α,β-unsaturated/α-hetero) is 1. The molecule has 1 heterocycles. The number of carbonyl (C=O) groups excluding carboxylic acids is 3. The summed E-state index contributed by atoms with van der Waals surface area (Å²) in [5.41, 5.74) is 0.173. The average molecular weight is 412 g/mol. The third kappa shape index (κ3) is 4.25. The Labute approximate surface area is 176 Å². The van der Waals surface area contributed by atoms with E-state index in [0.29, 0.717) is 36.3 Å². The minimum atomic E-state index is -0.999. The van der Waals surface area contributed by atoms with E-state index in [4.69, 9.17) is 4.42 Å². The minimum Gasteiger partial charge on any atom is -0.434 e. The second kappa shape index (κ2) is 8.58. The lowest BCUT2D eigenvalue weighted by Crippen LogP contribution is -2.62. The molecule has 2 aromatic rings. The number of carbonyl (C=O) groups is 3. The first-order valence-corrected chi connectivity index (χ1v) is 11.0. The highest BCUT2D eigenvalue weighted by atomic mass is 16.4. The molecular weight excluding hydrogens is 382 g/mol. The van der Waals surface area contributed by atoms with Gasteiger partial charge in [-0.1, -0.05) is 44.2 Å². The number of amides is 2. The zero-order valence-corrected chi connectivity index (χ0v) is 17.4. The molecule has 7 heteroatoms. The molecule has 7 nitrogen and oxygen atoms in total. The average Bonchev–Trinajstić information content (AvgIpc) is 3.14. The van der Waals surface area contributed by atoms with E-state index in [1.807, 2.05) is 12.1 Å². The van der Waals surface area contributed by atoms with E-state index in [1.54, 1.807) is 12.1 Å². The van der Waals surface area contributed by atoms with E-state index in [0.717, 1.165) is 19.3 Å². The highest BCUT2D eigenvalue weighted by Gasteiger charge is 2.48. The predicted molar refractivity (Wildman–Crippen MR) is 112 cm³/mol. The number of fused-ring (bicyclic) bond motifs is 1. The lowest BCUT2D eigenvalue weighted by molar-refractivity contribution is -0.130. The summed E-state index contributed by atoms with van der Waals surface area (Å²) in [5.74, 6) is -0.373. The number of aromatic nitrogens is 1. The first kappa shape index (κ1) is 20.6. The van der Waals surface area contributed by atoms with Crippen molar-refractivity contribution in [2.24, 2.45) is 5.92 Å². The minimum absolute atomic E-state index is 0.0274. The summed E-state index contributed by atoms with van der Waals surface area (Å²) in [4.78, 5) is 42.4. The number of ketones is 1. The number of oxazole rings is 1. The normalized spacial score (nSPS) is 19.6. The Balaban J connectivity index is 1.50. The Bertz CT molecular complexity index is 908. The fourth-order valence-corrected chi connectivity index (χ4v) is 4.67. The van der Waals surface area contributed by atoms with Crippen molar-refractivity contribution in [1.82, 2.24) is 15.6 Å². The van der Waals surface area contributed by atoms with E-state index >= 15 is 0 Å². The van der Waals surface area contributed by atoms with Crippen molar-refractivity contribution in [3.63, 3.8) is 0 Å². The maximum absolute atomic E-state index is 13.2. The molecule has 2 aliphatic carbocycles. The van der Waals surface area contributed by atoms with Crippen molar-refractivity contribution >= 4 is 28.7 Å². The maximum Gasteiger partial charge on any atom is 0.266 e. The van der Waals surface area contributed by atoms with Crippen LogP contribution in [0.4, 0.5) is 0 Å². The number of nitrogens with one attached hydrogen (secondary N) is 2. The standard InChI is InChI=1S/C23H29N3O4/c1-15(27)24-18(14-16-8-3-2-4-9-16)21(29)26-23(12-7-13-23)20(28)22-25-17-10-5-6-11-19(17)30-22/h5-6,10-11,16,18H,2-4,7-9,12-14H2,1H3,(H,24,27)(H,26,29)/t18-/m0/s1. The zero-order valence-electron chi connectivity index (χ0n) is 17.4. The van der Waals surface area contributed by atoms with Gasteiger partial charge in [-0.25, -0.2) is 4.98 Å². The summed E-state index contributed by atoms with van der Waals surface area (Å²) >= 11 is 0. The van der Waals surface area contributed by atoms with E-state index in [9.17, 15) is 14.4 Å². The zero-order chi connectivity index (χ0) is 21.1. The Morgan fingerprint density at radius 3 is 2.50 bits per heavy atom. The fraction of sp³-hybridized carbons (Fsp3) is 0.565. The largest absolute Gasteiger partial charge is 0.434 e. The van der Waals surface area contributed by atoms with Gasteiger partial charge in [0.15, 0.2) is 5.58 Å². The molecule has 1 atom stereocenters. The van der Waals surface area contributed by atoms with E-state index < -0.39 is 11.6 Å². The summed E-state index contributed by atoms with van der Waals surface area (Å²) in [6, 6.07) is 6.59. The first-order valence-electron chi connectivity index (χ1n) is 11.0. The second-order valence-electron chi connectivity index (χ2n) is 8.73. The predicted octanol–water partition coefficient (Wildman–Crippen LogP) is 3.52. The molecular formula is C23H29N3O4. The van der Waals surface area contributed by atoms with Gasteiger partial charge in [0.2, 0.25) is 17.6 Å². The molecule has 0 unspecified atom stereocenters. The Morgan fingerprint density at radius 1 is 1.13 bits per heavy atom. The molecule has 2 saturated carbocycles. The van der Waals surface area contributed by atoms with Crippen LogP contribution in [0.3, 0.4) is 0 Å². The van der Waals surface area contributed by atoms with Gasteiger partial charge in [0, 0.05) is 6.92 Å². The molecule has 2 fully saturated rings. The monoisotopic (exact) mass is 411 g/mol. The fourth-order valence-electron chi connectivity index (χ4n) is 4.67. The molecule has 160 valence electrons. The maximum atomic E-state index is 13.2. The Hall–Kier alpha value is -2.70. The van der Waals surface area contributed by atoms with Gasteiger partial charge in [-0.15, -0.1) is 0 Å². The van der Waals surface area contributed by atoms with Crippen molar-refractivity contribution in [3.8, 4) is 0 Å². The van der Waals surface area contributed by atoms with E-state index in [-0.39, 0.29) is 23.5 Å². The topological polar surface area (TPSA) is 101 Å². The lowest BCUT2D eigenvalue weighted by Gasteiger charge is -2.41. The SMILES string of the molecule is CC(=O)N[C@@H](CC1CCCCC1)C(=O)NC1(C(=O)c2nc3ccccc3o2)CCC1. The molecule has 1 aromatic carbocycles. The second-order valence-corrected chi connectivity index (χ2v) is 8.73. The summed E-state index contributed by atoms with van der Waals surface area (Å²) in [6.45, 7) is 1.42. The van der Waals surface area contributed by atoms with Crippen molar-refractivity contribution in [3.05, 3.63) is 30.2 Å². The van der Waals surface area contributed by atoms with E-state index in [2.05, 4.69) is 15.6 Å². The van der Waals surface area contributed by atoms with Crippen LogP contribution in [0.2, 0.25) is 0 Å². The van der Waals surface area contributed by atoms with Gasteiger partial charge in [0.1, 0.15) is 17.1 Å². The highest BCUT2D eigenvalue weighted by Crippen LogP contribution is 2.36. The van der Waals surface area contributed by atoms with Crippen molar-refractivity contribution in [2.75, 3.05) is 0 Å². The van der Waals surface area contributed by atoms with Crippen LogP contribution in [0.5, 0.6) is 0 Å². The van der Waals surface area contributed by atoms with Gasteiger partial charge in [-0.2, -0.15) is 0 Å². The number of hydrogen-bond acceptors (Lipinski definition) is 5. The lowest BCUT2D eigenvalue weighted by atomic mass is 9.73. The Morgan fingerprint density at radius 2 is 1.87 bits per heavy atom. The molecule has 1 aromatic heterocycles. The van der Waals surface area contributed by atoms with Crippen LogP contribution in [0.1, 0.15) is 75.4 Å². The molecule has 30 heavy (non-hydrogen) atoms. The van der Waals surface area contributed by atoms with Gasteiger partial charge in [-0.05, 0) is 43.7 Å². The van der Waals surface area contributed by atoms with Crippen molar-refractivity contribution < 1.29 is 18.8 Å². The van der Waals surface area contributed by atoms with E-state index in [1.165, 1.54) is 26.2 Å². The molecule has 4 rings (SSSR count). The number of benzene rings is 1. The third-order valence-electron chi connectivity index (χ3n) is 6.48. The highest BCUT2D eigenvalue weighted by molar-refractivity contribution is 6.04. The molecule has 0 radical (unpaired) electrons. The summed E-state index contributed by atoms with van der Waals surface area (Å²) in [7, 11) is 0. The molecule has 0 saturated heterocycles. The van der Waals surface area contributed by atoms with Crippen molar-refractivity contribution in [1.29, 1.82) is 0 Å². The van der Waals surface area contributed by atoms with Crippen LogP contribution >= 0.6 is 0 Å². The third-order valence-corrected chi connectivity index (χ3v) is 6.48. The van der Waals surface area contributed by atoms with Crippen LogP contribution in [-0.2, 0) is 9.59 Å². The van der Waals surface area contributed by atoms with Gasteiger partial charge < -0.3 is 15.1 Å². The number of hydrogen-bond donors (Lipinski definition) is 2. The van der Waals surface area contributed by atoms with Gasteiger partial charge in [0.05, 0.1) is 0 Å². The first-order chi connectivity index (χ1) is 14.5. The van der Waals surface area contributed by atoms with Gasteiger partial charge in [-0.3, -0.25) is 14.4 Å². The quantitative estimate of drug-likeness (QED) is 0.679. The van der Waals surface area contributed by atoms with Crippen LogP contribution in [-0.4, -0.2) is 34.2 Å². The smallest absolute Gasteiger partial charge is 0.266 e. The number of nitrogens with zero attached hydrogens (tertiary/aromatic N) is 1. The van der Waals surface area contributed by atoms with Crippen molar-refractivity contribution in [2.45, 2.75) is 76.3 Å². The Kier molecular flexibility index (Phi) is 5.88. The van der Waals surface area contributed by atoms with Crippen LogP contribution in [0, 0.1) is 5.92 Å². The van der Waals surface area contributed by atoms with Gasteiger partial charge in [0.25, 0.3) is 5.89 Å². The van der Waals surface area contributed by atoms with Crippen LogP contribution in [0.25, 0.3) is 11.1 Å². The summed E-state index contributed by atoms with van der Waals surface area (Å²) < 4.78 is 5.66. The van der Waals surface area contributed by atoms with Gasteiger partial charge >= 0.3 is 0 Å². The van der Waals surface area contributed by atoms with Crippen LogP contribution in [0.15, 0.2) is 28.7 Å². The summed E-state index contributed by atoms with van der Waals surface area (Å²) in [5, 5.41) is 5.76. The summed E-state index contributed by atoms with van der Waals surface area (Å²) in [6.07, 6.45) is 8.28. The molecule has 2 amide bonds. The molecule has 0 spiro atoms. The number of rotatable bonds is 7. The molecule has 2 N–H and O–H groups in total. The molecule has 2 aliphatic rings. The molecule has 0 aliphatic heterocycles. The molecule has 0 bridgehead atoms.